The van der Waals surface area contributed by atoms with Crippen molar-refractivity contribution in [1.82, 2.24) is 4.98 Å². The number of nitrogens with zero attached hydrogens (tertiary/aromatic N) is 1. The van der Waals surface area contributed by atoms with E-state index in [1.54, 1.807) is 11.3 Å². The van der Waals surface area contributed by atoms with Gasteiger partial charge in [0.1, 0.15) is 5.69 Å². The zero-order valence-electron chi connectivity index (χ0n) is 17.2. The molecule has 1 spiro atoms. The molecule has 2 aliphatic rings. The normalized spacial score (nSPS) is 27.2. The molecule has 2 aromatic rings. The van der Waals surface area contributed by atoms with Gasteiger partial charge in [-0.3, -0.25) is 4.79 Å². The van der Waals surface area contributed by atoms with E-state index in [2.05, 4.69) is 29.2 Å². The number of carbonyl (C=O) groups is 1. The van der Waals surface area contributed by atoms with E-state index in [0.29, 0.717) is 18.2 Å². The molecule has 1 aromatic heterocycles. The van der Waals surface area contributed by atoms with Crippen molar-refractivity contribution >= 4 is 17.1 Å². The van der Waals surface area contributed by atoms with Crippen LogP contribution >= 0.6 is 11.3 Å². The van der Waals surface area contributed by atoms with Crippen LogP contribution in [0.3, 0.4) is 0 Å². The Morgan fingerprint density at radius 3 is 2.79 bits per heavy atom. The first-order valence-electron chi connectivity index (χ1n) is 10.9. The van der Waals surface area contributed by atoms with Gasteiger partial charge in [0.15, 0.2) is 5.78 Å². The molecule has 2 heterocycles. The average Bonchev–Trinajstić information content (AvgIpc) is 3.16. The maximum atomic E-state index is 12.9. The minimum Gasteiger partial charge on any atom is -0.396 e. The molecule has 2 fully saturated rings. The largest absolute Gasteiger partial charge is 0.396 e. The zero-order valence-corrected chi connectivity index (χ0v) is 18.0. The van der Waals surface area contributed by atoms with Crippen LogP contribution in [0.4, 0.5) is 0 Å². The summed E-state index contributed by atoms with van der Waals surface area (Å²) in [5, 5.41) is 12.0. The van der Waals surface area contributed by atoms with E-state index in [0.717, 1.165) is 56.4 Å². The highest BCUT2D eigenvalue weighted by molar-refractivity contribution is 7.09. The molecule has 4 nitrogen and oxygen atoms in total. The van der Waals surface area contributed by atoms with Crippen LogP contribution in [0.1, 0.15) is 65.1 Å². The maximum Gasteiger partial charge on any atom is 0.185 e. The summed E-state index contributed by atoms with van der Waals surface area (Å²) in [4.78, 5) is 17.3. The quantitative estimate of drug-likeness (QED) is 0.693. The molecule has 1 saturated carbocycles. The van der Waals surface area contributed by atoms with E-state index in [4.69, 9.17) is 9.84 Å². The molecule has 0 radical (unpaired) electrons. The van der Waals surface area contributed by atoms with Crippen LogP contribution in [0.5, 0.6) is 0 Å². The third-order valence-corrected chi connectivity index (χ3v) is 7.44. The number of benzene rings is 1. The van der Waals surface area contributed by atoms with Gasteiger partial charge in [0, 0.05) is 24.5 Å². The van der Waals surface area contributed by atoms with Crippen LogP contribution in [0, 0.1) is 18.8 Å². The van der Waals surface area contributed by atoms with E-state index < -0.39 is 0 Å². The van der Waals surface area contributed by atoms with E-state index in [9.17, 15) is 4.79 Å². The molecule has 1 aliphatic heterocycles. The summed E-state index contributed by atoms with van der Waals surface area (Å²) in [7, 11) is 0. The van der Waals surface area contributed by atoms with Crippen molar-refractivity contribution in [3.63, 3.8) is 0 Å². The Morgan fingerprint density at radius 2 is 2.07 bits per heavy atom. The van der Waals surface area contributed by atoms with Gasteiger partial charge < -0.3 is 9.84 Å². The second-order valence-corrected chi connectivity index (χ2v) is 9.84. The summed E-state index contributed by atoms with van der Waals surface area (Å²) in [5.74, 6) is 0.933. The Balaban J connectivity index is 1.34. The van der Waals surface area contributed by atoms with Crippen molar-refractivity contribution in [2.75, 3.05) is 13.2 Å². The summed E-state index contributed by atoms with van der Waals surface area (Å²) in [6, 6.07) is 8.63. The molecule has 156 valence electrons. The van der Waals surface area contributed by atoms with Gasteiger partial charge in [0.05, 0.1) is 10.6 Å². The number of ether oxygens (including phenoxy) is 1. The highest BCUT2D eigenvalue weighted by Crippen LogP contribution is 2.44. The second-order valence-electron chi connectivity index (χ2n) is 8.78. The summed E-state index contributed by atoms with van der Waals surface area (Å²) in [6.07, 6.45) is 7.89. The Kier molecular flexibility index (Phi) is 6.47. The van der Waals surface area contributed by atoms with Crippen LogP contribution in [0.25, 0.3) is 0 Å². The number of aliphatic hydroxyl groups excluding tert-OH is 1. The van der Waals surface area contributed by atoms with E-state index >= 15 is 0 Å². The van der Waals surface area contributed by atoms with Gasteiger partial charge in [-0.25, -0.2) is 4.98 Å². The van der Waals surface area contributed by atoms with Crippen molar-refractivity contribution in [3.8, 4) is 0 Å². The highest BCUT2D eigenvalue weighted by Gasteiger charge is 2.42. The molecule has 29 heavy (non-hydrogen) atoms. The zero-order chi connectivity index (χ0) is 20.3. The molecule has 0 bridgehead atoms. The summed E-state index contributed by atoms with van der Waals surface area (Å²) in [5.41, 5.74) is 3.12. The Hall–Kier alpha value is -1.56. The lowest BCUT2D eigenvalue weighted by Gasteiger charge is -2.45. The van der Waals surface area contributed by atoms with Gasteiger partial charge in [-0.05, 0) is 75.3 Å². The molecule has 5 heteroatoms. The molecule has 1 aliphatic carbocycles. The summed E-state index contributed by atoms with van der Waals surface area (Å²) >= 11 is 1.55. The lowest BCUT2D eigenvalue weighted by molar-refractivity contribution is -0.117. The fourth-order valence-electron chi connectivity index (χ4n) is 5.07. The van der Waals surface area contributed by atoms with Crippen molar-refractivity contribution in [3.05, 3.63) is 51.5 Å². The lowest BCUT2D eigenvalue weighted by Crippen LogP contribution is -2.44. The first kappa shape index (κ1) is 20.7. The molecule has 0 amide bonds. The Morgan fingerprint density at radius 1 is 1.28 bits per heavy atom. The number of aryl methyl sites for hydroxylation is 1. The van der Waals surface area contributed by atoms with Crippen LogP contribution in [0.2, 0.25) is 0 Å². The number of hydrogen-bond acceptors (Lipinski definition) is 5. The van der Waals surface area contributed by atoms with Crippen molar-refractivity contribution in [2.24, 2.45) is 11.8 Å². The first-order valence-corrected chi connectivity index (χ1v) is 11.7. The van der Waals surface area contributed by atoms with Gasteiger partial charge in [-0.1, -0.05) is 24.3 Å². The standard InChI is InChI=1S/C24H31NO3S/c1-17-25-22(16-29-17)23(27)21-8-12-28-24(15-21)9-5-19(6-10-24)14-20-4-2-3-18(13-20)7-11-26/h2-4,13,16,19,21,26H,5-12,14-15H2,1H3. The molecular formula is C24H31NO3S. The number of aromatic nitrogens is 1. The first-order chi connectivity index (χ1) is 14.1. The molecular weight excluding hydrogens is 382 g/mol. The lowest BCUT2D eigenvalue weighted by atomic mass is 9.70. The number of rotatable bonds is 6. The van der Waals surface area contributed by atoms with Crippen LogP contribution in [0.15, 0.2) is 29.6 Å². The number of ketones is 1. The Bertz CT molecular complexity index is 838. The number of Topliss-reactive ketones (excluding diaryl/α,β-unsaturated/α-hetero) is 1. The van der Waals surface area contributed by atoms with Crippen LogP contribution in [-0.4, -0.2) is 34.7 Å². The van der Waals surface area contributed by atoms with Crippen LogP contribution in [-0.2, 0) is 17.6 Å². The van der Waals surface area contributed by atoms with Crippen molar-refractivity contribution < 1.29 is 14.6 Å². The highest BCUT2D eigenvalue weighted by atomic mass is 32.1. The number of hydrogen-bond donors (Lipinski definition) is 1. The fourth-order valence-corrected chi connectivity index (χ4v) is 5.67. The van der Waals surface area contributed by atoms with Gasteiger partial charge in [-0.2, -0.15) is 0 Å². The number of thiazole rings is 1. The molecule has 4 rings (SSSR count). The molecule has 1 N–H and O–H groups in total. The molecule has 1 saturated heterocycles. The minimum absolute atomic E-state index is 0.0527. The summed E-state index contributed by atoms with van der Waals surface area (Å²) < 4.78 is 6.28. The second kappa shape index (κ2) is 9.07. The third kappa shape index (κ3) is 4.96. The molecule has 1 atom stereocenters. The van der Waals surface area contributed by atoms with Crippen LogP contribution < -0.4 is 0 Å². The fraction of sp³-hybridized carbons (Fsp3) is 0.583. The molecule has 1 unspecified atom stereocenters. The SMILES string of the molecule is Cc1nc(C(=O)C2CCOC3(CCC(Cc4cccc(CCO)c4)CC3)C2)cs1. The third-order valence-electron chi connectivity index (χ3n) is 6.67. The van der Waals surface area contributed by atoms with E-state index in [1.165, 1.54) is 11.1 Å². The smallest absolute Gasteiger partial charge is 0.185 e. The van der Waals surface area contributed by atoms with E-state index in [-0.39, 0.29) is 23.9 Å². The van der Waals surface area contributed by atoms with E-state index in [1.807, 2.05) is 12.3 Å². The van der Waals surface area contributed by atoms with Crippen molar-refractivity contribution in [1.29, 1.82) is 0 Å². The predicted molar refractivity (Wildman–Crippen MR) is 115 cm³/mol. The maximum absolute atomic E-state index is 12.9. The minimum atomic E-state index is -0.112. The number of aliphatic hydroxyl groups is 1. The number of carbonyl (C=O) groups excluding carboxylic acids is 1. The van der Waals surface area contributed by atoms with Gasteiger partial charge in [0.25, 0.3) is 0 Å². The van der Waals surface area contributed by atoms with Gasteiger partial charge in [0.2, 0.25) is 0 Å². The summed E-state index contributed by atoms with van der Waals surface area (Å²) in [6.45, 7) is 2.84. The van der Waals surface area contributed by atoms with Gasteiger partial charge in [-0.15, -0.1) is 11.3 Å². The molecule has 1 aromatic carbocycles. The Labute approximate surface area is 177 Å². The van der Waals surface area contributed by atoms with Crippen molar-refractivity contribution in [2.45, 2.75) is 63.9 Å². The monoisotopic (exact) mass is 413 g/mol. The van der Waals surface area contributed by atoms with Gasteiger partial charge >= 0.3 is 0 Å². The topological polar surface area (TPSA) is 59.4 Å². The average molecular weight is 414 g/mol. The predicted octanol–water partition coefficient (Wildman–Crippen LogP) is 4.77.